The van der Waals surface area contributed by atoms with Crippen molar-refractivity contribution < 1.29 is 13.2 Å². The summed E-state index contributed by atoms with van der Waals surface area (Å²) >= 11 is 0. The first-order chi connectivity index (χ1) is 13.9. The second kappa shape index (κ2) is 9.03. The summed E-state index contributed by atoms with van der Waals surface area (Å²) in [6.45, 7) is 3.32. The molecular weight excluding hydrogens is 384 g/mol. The fourth-order valence-corrected chi connectivity index (χ4v) is 4.42. The predicted molar refractivity (Wildman–Crippen MR) is 114 cm³/mol. The van der Waals surface area contributed by atoms with Crippen LogP contribution in [0.5, 0.6) is 0 Å². The topological polar surface area (TPSA) is 75.3 Å². The number of rotatable bonds is 7. The largest absolute Gasteiger partial charge is 0.348 e. The van der Waals surface area contributed by atoms with Crippen molar-refractivity contribution in [2.45, 2.75) is 30.8 Å². The SMILES string of the molecule is CC(=O)N[C@H](c1ccccc1)C(NS(=O)(=O)c1ccc(C)cc1)c1ccccc1. The number of amides is 1. The molecule has 0 aliphatic carbocycles. The van der Waals surface area contributed by atoms with Crippen LogP contribution in [-0.4, -0.2) is 14.3 Å². The van der Waals surface area contributed by atoms with E-state index in [2.05, 4.69) is 10.0 Å². The second-order valence-electron chi connectivity index (χ2n) is 6.91. The Balaban J connectivity index is 2.06. The molecule has 1 amide bonds. The summed E-state index contributed by atoms with van der Waals surface area (Å²) in [5, 5.41) is 2.91. The second-order valence-corrected chi connectivity index (χ2v) is 8.63. The number of carbonyl (C=O) groups is 1. The zero-order valence-corrected chi connectivity index (χ0v) is 17.2. The van der Waals surface area contributed by atoms with Gasteiger partial charge in [0.05, 0.1) is 17.0 Å². The molecule has 2 N–H and O–H groups in total. The van der Waals surface area contributed by atoms with E-state index in [1.165, 1.54) is 6.92 Å². The minimum absolute atomic E-state index is 0.179. The Hall–Kier alpha value is -2.96. The molecule has 3 rings (SSSR count). The van der Waals surface area contributed by atoms with E-state index in [9.17, 15) is 13.2 Å². The van der Waals surface area contributed by atoms with Crippen LogP contribution in [0.4, 0.5) is 0 Å². The Bertz CT molecular complexity index is 1050. The maximum atomic E-state index is 13.1. The fourth-order valence-electron chi connectivity index (χ4n) is 3.18. The van der Waals surface area contributed by atoms with Crippen molar-refractivity contribution in [2.75, 3.05) is 0 Å². The number of aryl methyl sites for hydroxylation is 1. The van der Waals surface area contributed by atoms with E-state index in [1.54, 1.807) is 24.3 Å². The third-order valence-corrected chi connectivity index (χ3v) is 6.08. The van der Waals surface area contributed by atoms with Gasteiger partial charge in [-0.25, -0.2) is 13.1 Å². The van der Waals surface area contributed by atoms with E-state index < -0.39 is 22.1 Å². The number of carbonyl (C=O) groups excluding carboxylic acids is 1. The van der Waals surface area contributed by atoms with E-state index in [4.69, 9.17) is 0 Å². The highest BCUT2D eigenvalue weighted by Crippen LogP contribution is 2.30. The third kappa shape index (κ3) is 5.31. The lowest BCUT2D eigenvalue weighted by molar-refractivity contribution is -0.119. The molecule has 150 valence electrons. The molecule has 0 radical (unpaired) electrons. The molecule has 0 aliphatic heterocycles. The third-order valence-electron chi connectivity index (χ3n) is 4.62. The minimum atomic E-state index is -3.81. The van der Waals surface area contributed by atoms with Gasteiger partial charge in [-0.3, -0.25) is 4.79 Å². The molecule has 0 aromatic heterocycles. The van der Waals surface area contributed by atoms with Crippen LogP contribution in [0.3, 0.4) is 0 Å². The van der Waals surface area contributed by atoms with Gasteiger partial charge in [0.2, 0.25) is 15.9 Å². The fraction of sp³-hybridized carbons (Fsp3) is 0.174. The maximum absolute atomic E-state index is 13.1. The van der Waals surface area contributed by atoms with Gasteiger partial charge in [0.1, 0.15) is 0 Å². The quantitative estimate of drug-likeness (QED) is 0.623. The van der Waals surface area contributed by atoms with Crippen molar-refractivity contribution in [1.29, 1.82) is 0 Å². The van der Waals surface area contributed by atoms with Crippen LogP contribution in [0.2, 0.25) is 0 Å². The molecule has 2 atom stereocenters. The molecule has 0 saturated carbocycles. The molecule has 5 nitrogen and oxygen atoms in total. The highest BCUT2D eigenvalue weighted by atomic mass is 32.2. The molecule has 1 unspecified atom stereocenters. The summed E-state index contributed by atoms with van der Waals surface area (Å²) < 4.78 is 29.1. The molecule has 3 aromatic carbocycles. The summed E-state index contributed by atoms with van der Waals surface area (Å²) in [5.41, 5.74) is 2.54. The van der Waals surface area contributed by atoms with Crippen molar-refractivity contribution in [1.82, 2.24) is 10.0 Å². The smallest absolute Gasteiger partial charge is 0.241 e. The van der Waals surface area contributed by atoms with Crippen LogP contribution in [-0.2, 0) is 14.8 Å². The Labute approximate surface area is 171 Å². The van der Waals surface area contributed by atoms with Crippen LogP contribution < -0.4 is 10.0 Å². The summed E-state index contributed by atoms with van der Waals surface area (Å²) in [6, 6.07) is 24.0. The zero-order chi connectivity index (χ0) is 20.9. The van der Waals surface area contributed by atoms with Crippen molar-refractivity contribution in [3.8, 4) is 0 Å². The molecule has 6 heteroatoms. The monoisotopic (exact) mass is 408 g/mol. The van der Waals surface area contributed by atoms with E-state index in [-0.39, 0.29) is 10.8 Å². The number of sulfonamides is 1. The summed E-state index contributed by atoms with van der Waals surface area (Å²) in [6.07, 6.45) is 0. The molecule has 0 bridgehead atoms. The molecule has 0 spiro atoms. The average molecular weight is 409 g/mol. The van der Waals surface area contributed by atoms with E-state index in [0.29, 0.717) is 0 Å². The van der Waals surface area contributed by atoms with Gasteiger partial charge in [0, 0.05) is 6.92 Å². The lowest BCUT2D eigenvalue weighted by atomic mass is 9.94. The number of hydrogen-bond acceptors (Lipinski definition) is 3. The molecular formula is C23H24N2O3S. The molecule has 29 heavy (non-hydrogen) atoms. The predicted octanol–water partition coefficient (Wildman–Crippen LogP) is 3.89. The van der Waals surface area contributed by atoms with Gasteiger partial charge in [0.25, 0.3) is 0 Å². The highest BCUT2D eigenvalue weighted by molar-refractivity contribution is 7.89. The van der Waals surface area contributed by atoms with Gasteiger partial charge < -0.3 is 5.32 Å². The summed E-state index contributed by atoms with van der Waals surface area (Å²) in [7, 11) is -3.81. The lowest BCUT2D eigenvalue weighted by Gasteiger charge is -2.29. The summed E-state index contributed by atoms with van der Waals surface area (Å²) in [5.74, 6) is -0.241. The first-order valence-corrected chi connectivity index (χ1v) is 10.8. The van der Waals surface area contributed by atoms with Crippen molar-refractivity contribution >= 4 is 15.9 Å². The molecule has 3 aromatic rings. The van der Waals surface area contributed by atoms with Crippen LogP contribution in [0.25, 0.3) is 0 Å². The van der Waals surface area contributed by atoms with Gasteiger partial charge in [0.15, 0.2) is 0 Å². The molecule has 0 fully saturated rings. The number of hydrogen-bond donors (Lipinski definition) is 2. The first-order valence-electron chi connectivity index (χ1n) is 9.33. The van der Waals surface area contributed by atoms with E-state index in [0.717, 1.165) is 16.7 Å². The number of benzene rings is 3. The Kier molecular flexibility index (Phi) is 6.46. The van der Waals surface area contributed by atoms with Gasteiger partial charge in [-0.05, 0) is 30.2 Å². The van der Waals surface area contributed by atoms with E-state index >= 15 is 0 Å². The lowest BCUT2D eigenvalue weighted by Crippen LogP contribution is -2.40. The normalized spacial score (nSPS) is 13.4. The Morgan fingerprint density at radius 2 is 1.24 bits per heavy atom. The summed E-state index contributed by atoms with van der Waals surface area (Å²) in [4.78, 5) is 12.1. The van der Waals surface area contributed by atoms with Crippen LogP contribution in [0, 0.1) is 6.92 Å². The molecule has 0 saturated heterocycles. The van der Waals surface area contributed by atoms with E-state index in [1.807, 2.05) is 67.6 Å². The standard InChI is InChI=1S/C23H24N2O3S/c1-17-13-15-21(16-14-17)29(27,28)25-23(20-11-7-4-8-12-20)22(24-18(2)26)19-9-5-3-6-10-19/h3-16,22-23,25H,1-2H3,(H,24,26)/t22-,23?/m1/s1. The molecule has 0 aliphatic rings. The molecule has 0 heterocycles. The highest BCUT2D eigenvalue weighted by Gasteiger charge is 2.30. The van der Waals surface area contributed by atoms with Gasteiger partial charge >= 0.3 is 0 Å². The van der Waals surface area contributed by atoms with Crippen molar-refractivity contribution in [3.05, 3.63) is 102 Å². The van der Waals surface area contributed by atoms with Crippen LogP contribution in [0.15, 0.2) is 89.8 Å². The number of nitrogens with one attached hydrogen (secondary N) is 2. The Morgan fingerprint density at radius 3 is 1.72 bits per heavy atom. The minimum Gasteiger partial charge on any atom is -0.348 e. The first kappa shape index (κ1) is 20.8. The van der Waals surface area contributed by atoms with Crippen LogP contribution in [0.1, 0.15) is 35.7 Å². The zero-order valence-electron chi connectivity index (χ0n) is 16.4. The Morgan fingerprint density at radius 1 is 0.759 bits per heavy atom. The van der Waals surface area contributed by atoms with Gasteiger partial charge in [-0.1, -0.05) is 78.4 Å². The average Bonchev–Trinajstić information content (AvgIpc) is 2.72. The van der Waals surface area contributed by atoms with Gasteiger partial charge in [-0.2, -0.15) is 0 Å². The van der Waals surface area contributed by atoms with Gasteiger partial charge in [-0.15, -0.1) is 0 Å². The van der Waals surface area contributed by atoms with Crippen molar-refractivity contribution in [2.24, 2.45) is 0 Å². The maximum Gasteiger partial charge on any atom is 0.241 e. The van der Waals surface area contributed by atoms with Crippen molar-refractivity contribution in [3.63, 3.8) is 0 Å². The van der Waals surface area contributed by atoms with Crippen LogP contribution >= 0.6 is 0 Å².